The van der Waals surface area contributed by atoms with E-state index in [0.717, 1.165) is 31.4 Å². The van der Waals surface area contributed by atoms with Crippen LogP contribution in [-0.4, -0.2) is 95.9 Å². The average molecular weight is 555 g/mol. The number of hydrogen-bond donors (Lipinski definition) is 1. The van der Waals surface area contributed by atoms with Gasteiger partial charge in [0.15, 0.2) is 11.5 Å². The lowest BCUT2D eigenvalue weighted by atomic mass is 9.84. The van der Waals surface area contributed by atoms with Crippen molar-refractivity contribution in [3.8, 4) is 11.5 Å². The number of nitrogens with zero attached hydrogens (tertiary/aromatic N) is 4. The molecule has 40 heavy (non-hydrogen) atoms. The van der Waals surface area contributed by atoms with Crippen molar-refractivity contribution in [3.05, 3.63) is 58.5 Å². The molecule has 4 rings (SSSR count). The van der Waals surface area contributed by atoms with Crippen LogP contribution in [0, 0.1) is 5.92 Å². The summed E-state index contributed by atoms with van der Waals surface area (Å²) in [4.78, 5) is 44.9. The van der Waals surface area contributed by atoms with Gasteiger partial charge in [0.2, 0.25) is 18.3 Å². The number of carbonyl (C=O) groups excluding carboxylic acids is 1. The van der Waals surface area contributed by atoms with Gasteiger partial charge < -0.3 is 28.9 Å². The van der Waals surface area contributed by atoms with Crippen LogP contribution in [0.15, 0.2) is 47.4 Å². The first-order valence-electron chi connectivity index (χ1n) is 14.2. The first kappa shape index (κ1) is 29.6. The van der Waals surface area contributed by atoms with Gasteiger partial charge >= 0.3 is 5.97 Å². The maximum absolute atomic E-state index is 13.7. The zero-order valence-corrected chi connectivity index (χ0v) is 23.8. The number of unbranched alkanes of at least 4 members (excludes halogenated alkanes) is 1. The standard InChI is InChI=1S/C30H42N4O6/c1-4-5-14-32(16-8-13-31(2)3)28(36)20-34-19-23(22-10-11-25-26(18-22)40-21-39-25)29(30(37)38)24(34)12-17-33-15-7-6-9-27(33)35/h6-7,9-11,15,18,23-24,29H,4-5,8,12-14,16-17,19-21H2,1-3H3,(H,37,38)/t23-,24+,29?/m1/s1. The Morgan fingerprint density at radius 2 is 1.82 bits per heavy atom. The fraction of sp³-hybridized carbons (Fsp3) is 0.567. The third kappa shape index (κ3) is 7.22. The number of rotatable bonds is 14. The number of hydrogen-bond acceptors (Lipinski definition) is 7. The summed E-state index contributed by atoms with van der Waals surface area (Å²) in [6, 6.07) is 10.1. The number of carboxylic acid groups (broad SMARTS) is 1. The van der Waals surface area contributed by atoms with Crippen LogP contribution in [0.1, 0.15) is 44.1 Å². The number of aliphatic carboxylic acids is 1. The van der Waals surface area contributed by atoms with Crippen molar-refractivity contribution < 1.29 is 24.2 Å². The van der Waals surface area contributed by atoms with Crippen molar-refractivity contribution >= 4 is 11.9 Å². The quantitative estimate of drug-likeness (QED) is 0.380. The second-order valence-corrected chi connectivity index (χ2v) is 11.0. The van der Waals surface area contributed by atoms with E-state index < -0.39 is 17.9 Å². The lowest BCUT2D eigenvalue weighted by Crippen LogP contribution is -2.45. The molecule has 10 heteroatoms. The van der Waals surface area contributed by atoms with E-state index in [4.69, 9.17) is 9.47 Å². The molecular formula is C30H42N4O6. The van der Waals surface area contributed by atoms with E-state index in [2.05, 4.69) is 11.8 Å². The topological polar surface area (TPSA) is 105 Å². The summed E-state index contributed by atoms with van der Waals surface area (Å²) < 4.78 is 12.6. The number of carbonyl (C=O) groups is 2. The fourth-order valence-corrected chi connectivity index (χ4v) is 5.81. The molecule has 3 heterocycles. The predicted octanol–water partition coefficient (Wildman–Crippen LogP) is 2.72. The first-order valence-corrected chi connectivity index (χ1v) is 14.2. The molecule has 3 atom stereocenters. The summed E-state index contributed by atoms with van der Waals surface area (Å²) in [5.41, 5.74) is 0.719. The molecule has 0 radical (unpaired) electrons. The molecule has 1 amide bonds. The summed E-state index contributed by atoms with van der Waals surface area (Å²) in [6.45, 7) is 5.44. The van der Waals surface area contributed by atoms with E-state index >= 15 is 0 Å². The third-order valence-electron chi connectivity index (χ3n) is 7.93. The van der Waals surface area contributed by atoms with Gasteiger partial charge in [-0.1, -0.05) is 25.5 Å². The molecule has 218 valence electrons. The Morgan fingerprint density at radius 1 is 1.05 bits per heavy atom. The number of ether oxygens (including phenoxy) is 2. The second-order valence-electron chi connectivity index (χ2n) is 11.0. The van der Waals surface area contributed by atoms with Gasteiger partial charge in [-0.25, -0.2) is 0 Å². The van der Waals surface area contributed by atoms with E-state index in [0.29, 0.717) is 44.1 Å². The molecule has 0 aliphatic carbocycles. The SMILES string of the molecule is CCCCN(CCCN(C)C)C(=O)CN1C[C@H](c2ccc3c(c2)OCO3)C(C(=O)O)[C@@H]1CCn1ccccc1=O. The molecule has 10 nitrogen and oxygen atoms in total. The highest BCUT2D eigenvalue weighted by Crippen LogP contribution is 2.42. The van der Waals surface area contributed by atoms with Crippen LogP contribution in [0.2, 0.25) is 0 Å². The van der Waals surface area contributed by atoms with E-state index in [1.54, 1.807) is 22.9 Å². The summed E-state index contributed by atoms with van der Waals surface area (Å²) >= 11 is 0. The molecule has 0 saturated carbocycles. The van der Waals surface area contributed by atoms with E-state index in [1.807, 2.05) is 42.1 Å². The molecule has 1 saturated heterocycles. The van der Waals surface area contributed by atoms with E-state index in [1.165, 1.54) is 6.07 Å². The molecular weight excluding hydrogens is 512 g/mol. The Labute approximate surface area is 236 Å². The monoisotopic (exact) mass is 554 g/mol. The number of likely N-dealkylation sites (tertiary alicyclic amines) is 1. The Hall–Kier alpha value is -3.37. The predicted molar refractivity (Wildman–Crippen MR) is 152 cm³/mol. The summed E-state index contributed by atoms with van der Waals surface area (Å²) in [5.74, 6) is -0.720. The molecule has 2 aromatic rings. The highest BCUT2D eigenvalue weighted by Gasteiger charge is 2.47. The van der Waals surface area contributed by atoms with Gasteiger partial charge in [0.25, 0.3) is 0 Å². The fourth-order valence-electron chi connectivity index (χ4n) is 5.81. The lowest BCUT2D eigenvalue weighted by molar-refractivity contribution is -0.144. The van der Waals surface area contributed by atoms with Gasteiger partial charge in [-0.2, -0.15) is 0 Å². The van der Waals surface area contributed by atoms with Gasteiger partial charge in [-0.3, -0.25) is 19.3 Å². The number of fused-ring (bicyclic) bond motifs is 1. The van der Waals surface area contributed by atoms with Crippen LogP contribution in [-0.2, 0) is 16.1 Å². The molecule has 0 spiro atoms. The van der Waals surface area contributed by atoms with Crippen molar-refractivity contribution in [2.24, 2.45) is 5.92 Å². The van der Waals surface area contributed by atoms with Crippen LogP contribution in [0.4, 0.5) is 0 Å². The molecule has 2 aliphatic heterocycles. The molecule has 1 fully saturated rings. The van der Waals surface area contributed by atoms with Crippen LogP contribution in [0.25, 0.3) is 0 Å². The zero-order valence-electron chi connectivity index (χ0n) is 23.8. The number of benzene rings is 1. The largest absolute Gasteiger partial charge is 0.481 e. The molecule has 1 unspecified atom stereocenters. The van der Waals surface area contributed by atoms with E-state index in [-0.39, 0.29) is 30.7 Å². The minimum atomic E-state index is -0.906. The van der Waals surface area contributed by atoms with Crippen molar-refractivity contribution in [2.75, 3.05) is 53.6 Å². The van der Waals surface area contributed by atoms with Gasteiger partial charge in [-0.15, -0.1) is 0 Å². The number of amides is 1. The summed E-state index contributed by atoms with van der Waals surface area (Å²) in [6.07, 6.45) is 4.94. The van der Waals surface area contributed by atoms with Gasteiger partial charge in [0.1, 0.15) is 0 Å². The van der Waals surface area contributed by atoms with Crippen LogP contribution < -0.4 is 15.0 Å². The lowest BCUT2D eigenvalue weighted by Gasteiger charge is -2.30. The minimum absolute atomic E-state index is 0.0181. The summed E-state index contributed by atoms with van der Waals surface area (Å²) in [5, 5.41) is 10.5. The maximum atomic E-state index is 13.7. The van der Waals surface area contributed by atoms with Crippen LogP contribution in [0.5, 0.6) is 11.5 Å². The van der Waals surface area contributed by atoms with Crippen LogP contribution >= 0.6 is 0 Å². The third-order valence-corrected chi connectivity index (χ3v) is 7.93. The Balaban J connectivity index is 1.59. The summed E-state index contributed by atoms with van der Waals surface area (Å²) in [7, 11) is 4.04. The number of carboxylic acids is 1. The van der Waals surface area contributed by atoms with Crippen molar-refractivity contribution in [2.45, 2.75) is 51.1 Å². The van der Waals surface area contributed by atoms with Crippen LogP contribution in [0.3, 0.4) is 0 Å². The Bertz CT molecular complexity index is 1210. The van der Waals surface area contributed by atoms with Gasteiger partial charge in [-0.05, 0) is 63.7 Å². The van der Waals surface area contributed by atoms with Gasteiger partial charge in [0.05, 0.1) is 12.5 Å². The van der Waals surface area contributed by atoms with E-state index in [9.17, 15) is 19.5 Å². The highest BCUT2D eigenvalue weighted by molar-refractivity contribution is 5.79. The molecule has 2 aliphatic rings. The Kier molecular flexibility index (Phi) is 10.2. The molecule has 0 bridgehead atoms. The zero-order chi connectivity index (χ0) is 28.6. The molecule has 1 N–H and O–H groups in total. The highest BCUT2D eigenvalue weighted by atomic mass is 16.7. The van der Waals surface area contributed by atoms with Crippen molar-refractivity contribution in [1.29, 1.82) is 0 Å². The van der Waals surface area contributed by atoms with Gasteiger partial charge in [0, 0.05) is 50.4 Å². The normalized spacial score (nSPS) is 20.2. The second kappa shape index (κ2) is 13.8. The van der Waals surface area contributed by atoms with Crippen molar-refractivity contribution in [1.82, 2.24) is 19.3 Å². The first-order chi connectivity index (χ1) is 19.3. The minimum Gasteiger partial charge on any atom is -0.481 e. The molecule has 1 aromatic carbocycles. The smallest absolute Gasteiger partial charge is 0.308 e. The van der Waals surface area contributed by atoms with Crippen molar-refractivity contribution in [3.63, 3.8) is 0 Å². The number of pyridine rings is 1. The maximum Gasteiger partial charge on any atom is 0.308 e. The average Bonchev–Trinajstić information content (AvgIpc) is 3.54. The Morgan fingerprint density at radius 3 is 2.55 bits per heavy atom. The number of aromatic nitrogens is 1. The number of aryl methyl sites for hydroxylation is 1. The molecule has 1 aromatic heterocycles.